The predicted molar refractivity (Wildman–Crippen MR) is 65.9 cm³/mol. The van der Waals surface area contributed by atoms with E-state index >= 15 is 0 Å². The van der Waals surface area contributed by atoms with Crippen LogP contribution in [-0.4, -0.2) is 14.5 Å². The van der Waals surface area contributed by atoms with E-state index in [0.29, 0.717) is 4.90 Å². The first-order valence-electron chi connectivity index (χ1n) is 5.57. The minimum absolute atomic E-state index is 0.0830. The average molecular weight is 241 g/mol. The van der Waals surface area contributed by atoms with E-state index in [1.807, 2.05) is 26.0 Å². The van der Waals surface area contributed by atoms with Gasteiger partial charge in [-0.25, -0.2) is 13.1 Å². The molecule has 0 aliphatic rings. The Bertz CT molecular complexity index is 421. The van der Waals surface area contributed by atoms with Crippen molar-refractivity contribution in [1.29, 1.82) is 0 Å². The van der Waals surface area contributed by atoms with Crippen molar-refractivity contribution in [2.45, 2.75) is 44.6 Å². The number of aryl methyl sites for hydroxylation is 1. The van der Waals surface area contributed by atoms with Gasteiger partial charge in [0.15, 0.2) is 0 Å². The lowest BCUT2D eigenvalue weighted by atomic mass is 10.1. The zero-order chi connectivity index (χ0) is 12.2. The molecule has 0 atom stereocenters. The summed E-state index contributed by atoms with van der Waals surface area (Å²) >= 11 is 0. The first-order valence-corrected chi connectivity index (χ1v) is 7.05. The zero-order valence-corrected chi connectivity index (χ0v) is 10.8. The molecule has 1 rings (SSSR count). The van der Waals surface area contributed by atoms with Gasteiger partial charge in [-0.3, -0.25) is 0 Å². The van der Waals surface area contributed by atoms with E-state index in [4.69, 9.17) is 0 Å². The number of sulfonamides is 1. The topological polar surface area (TPSA) is 46.2 Å². The Balaban J connectivity index is 2.89. The van der Waals surface area contributed by atoms with Crippen molar-refractivity contribution in [2.75, 3.05) is 0 Å². The number of rotatable bonds is 5. The Morgan fingerprint density at radius 3 is 2.19 bits per heavy atom. The Kier molecular flexibility index (Phi) is 4.50. The molecule has 1 aromatic carbocycles. The minimum Gasteiger partial charge on any atom is -0.209 e. The second-order valence-corrected chi connectivity index (χ2v) is 5.88. The molecule has 0 aromatic heterocycles. The van der Waals surface area contributed by atoms with Gasteiger partial charge in [0.2, 0.25) is 10.0 Å². The van der Waals surface area contributed by atoms with E-state index in [0.717, 1.165) is 12.8 Å². The minimum atomic E-state index is -3.34. The molecule has 1 N–H and O–H groups in total. The molecule has 16 heavy (non-hydrogen) atoms. The van der Waals surface area contributed by atoms with E-state index < -0.39 is 10.0 Å². The fourth-order valence-corrected chi connectivity index (χ4v) is 2.75. The second-order valence-electron chi connectivity index (χ2n) is 4.17. The third-order valence-electron chi connectivity index (χ3n) is 2.16. The van der Waals surface area contributed by atoms with Gasteiger partial charge in [-0.15, -0.1) is 0 Å². The molecule has 0 heterocycles. The fourth-order valence-electron chi connectivity index (χ4n) is 1.50. The maximum atomic E-state index is 11.8. The van der Waals surface area contributed by atoms with Crippen LogP contribution in [0.4, 0.5) is 0 Å². The highest BCUT2D eigenvalue weighted by Gasteiger charge is 2.14. The number of benzene rings is 1. The highest BCUT2D eigenvalue weighted by atomic mass is 32.2. The molecular formula is C12H19NO2S. The van der Waals surface area contributed by atoms with Crippen LogP contribution in [0.25, 0.3) is 0 Å². The maximum Gasteiger partial charge on any atom is 0.240 e. The third-order valence-corrected chi connectivity index (χ3v) is 3.84. The van der Waals surface area contributed by atoms with Crippen LogP contribution in [0.3, 0.4) is 0 Å². The Labute approximate surface area is 97.9 Å². The molecule has 90 valence electrons. The second kappa shape index (κ2) is 5.46. The Morgan fingerprint density at radius 2 is 1.75 bits per heavy atom. The van der Waals surface area contributed by atoms with Crippen LogP contribution in [0, 0.1) is 0 Å². The molecule has 1 aromatic rings. The first-order chi connectivity index (χ1) is 7.45. The van der Waals surface area contributed by atoms with Crippen LogP contribution in [0.2, 0.25) is 0 Å². The number of hydrogen-bond donors (Lipinski definition) is 1. The van der Waals surface area contributed by atoms with Crippen LogP contribution >= 0.6 is 0 Å². The fraction of sp³-hybridized carbons (Fsp3) is 0.500. The van der Waals surface area contributed by atoms with Gasteiger partial charge in [0.1, 0.15) is 0 Å². The van der Waals surface area contributed by atoms with Gasteiger partial charge in [-0.1, -0.05) is 25.5 Å². The van der Waals surface area contributed by atoms with Gasteiger partial charge in [-0.2, -0.15) is 0 Å². The molecule has 0 radical (unpaired) electrons. The summed E-state index contributed by atoms with van der Waals surface area (Å²) in [5.41, 5.74) is 1.17. The van der Waals surface area contributed by atoms with E-state index in [9.17, 15) is 8.42 Å². The average Bonchev–Trinajstić information content (AvgIpc) is 2.17. The molecule has 0 aliphatic heterocycles. The molecule has 3 nitrogen and oxygen atoms in total. The van der Waals surface area contributed by atoms with Gasteiger partial charge >= 0.3 is 0 Å². The molecule has 0 fully saturated rings. The summed E-state index contributed by atoms with van der Waals surface area (Å²) in [6.45, 7) is 5.72. The summed E-state index contributed by atoms with van der Waals surface area (Å²) in [6.07, 6.45) is 2.05. The highest BCUT2D eigenvalue weighted by molar-refractivity contribution is 7.89. The maximum absolute atomic E-state index is 11.8. The van der Waals surface area contributed by atoms with Crippen LogP contribution in [0.15, 0.2) is 29.2 Å². The van der Waals surface area contributed by atoms with Gasteiger partial charge in [0, 0.05) is 6.04 Å². The lowest BCUT2D eigenvalue weighted by molar-refractivity contribution is 0.570. The highest BCUT2D eigenvalue weighted by Crippen LogP contribution is 2.12. The normalized spacial score (nSPS) is 12.0. The predicted octanol–water partition coefficient (Wildman–Crippen LogP) is 2.33. The molecule has 0 aliphatic carbocycles. The summed E-state index contributed by atoms with van der Waals surface area (Å²) in [5.74, 6) is 0. The van der Waals surface area contributed by atoms with E-state index in [1.165, 1.54) is 5.56 Å². The van der Waals surface area contributed by atoms with Gasteiger partial charge in [-0.05, 0) is 38.0 Å². The van der Waals surface area contributed by atoms with Crippen LogP contribution in [-0.2, 0) is 16.4 Å². The van der Waals surface area contributed by atoms with Crippen molar-refractivity contribution < 1.29 is 8.42 Å². The Hall–Kier alpha value is -0.870. The largest absolute Gasteiger partial charge is 0.240 e. The summed E-state index contributed by atoms with van der Waals surface area (Å²) in [7, 11) is -3.34. The summed E-state index contributed by atoms with van der Waals surface area (Å²) in [5, 5.41) is 0. The van der Waals surface area contributed by atoms with E-state index in [-0.39, 0.29) is 6.04 Å². The van der Waals surface area contributed by atoms with Crippen molar-refractivity contribution in [2.24, 2.45) is 0 Å². The molecule has 0 unspecified atom stereocenters. The molecular weight excluding hydrogens is 222 g/mol. The van der Waals surface area contributed by atoms with Crippen molar-refractivity contribution in [3.05, 3.63) is 29.8 Å². The van der Waals surface area contributed by atoms with Crippen molar-refractivity contribution >= 4 is 10.0 Å². The zero-order valence-electron chi connectivity index (χ0n) is 10.0. The van der Waals surface area contributed by atoms with Gasteiger partial charge in [0.25, 0.3) is 0 Å². The SMILES string of the molecule is CCCc1ccc(S(=O)(=O)NC(C)C)cc1. The monoisotopic (exact) mass is 241 g/mol. The third kappa shape index (κ3) is 3.61. The van der Waals surface area contributed by atoms with E-state index in [2.05, 4.69) is 11.6 Å². The van der Waals surface area contributed by atoms with Crippen molar-refractivity contribution in [1.82, 2.24) is 4.72 Å². The lowest BCUT2D eigenvalue weighted by Gasteiger charge is -2.09. The van der Waals surface area contributed by atoms with Crippen molar-refractivity contribution in [3.8, 4) is 0 Å². The summed E-state index contributed by atoms with van der Waals surface area (Å²) in [4.78, 5) is 0.334. The molecule has 0 amide bonds. The van der Waals surface area contributed by atoms with E-state index in [1.54, 1.807) is 12.1 Å². The van der Waals surface area contributed by atoms with Crippen LogP contribution < -0.4 is 4.72 Å². The first kappa shape index (κ1) is 13.2. The molecule has 0 bridgehead atoms. The van der Waals surface area contributed by atoms with Crippen molar-refractivity contribution in [3.63, 3.8) is 0 Å². The molecule has 0 saturated carbocycles. The quantitative estimate of drug-likeness (QED) is 0.860. The van der Waals surface area contributed by atoms with Gasteiger partial charge < -0.3 is 0 Å². The molecule has 0 spiro atoms. The molecule has 4 heteroatoms. The van der Waals surface area contributed by atoms with Crippen LogP contribution in [0.1, 0.15) is 32.8 Å². The number of hydrogen-bond acceptors (Lipinski definition) is 2. The Morgan fingerprint density at radius 1 is 1.19 bits per heavy atom. The standard InChI is InChI=1S/C12H19NO2S/c1-4-5-11-6-8-12(9-7-11)16(14,15)13-10(2)3/h6-10,13H,4-5H2,1-3H3. The summed E-state index contributed by atoms with van der Waals surface area (Å²) < 4.78 is 26.2. The van der Waals surface area contributed by atoms with Gasteiger partial charge in [0.05, 0.1) is 4.90 Å². The number of nitrogens with one attached hydrogen (secondary N) is 1. The van der Waals surface area contributed by atoms with Crippen LogP contribution in [0.5, 0.6) is 0 Å². The summed E-state index contributed by atoms with van der Waals surface area (Å²) in [6, 6.07) is 6.99. The molecule has 0 saturated heterocycles. The smallest absolute Gasteiger partial charge is 0.209 e. The lowest BCUT2D eigenvalue weighted by Crippen LogP contribution is -2.30.